The van der Waals surface area contributed by atoms with E-state index in [4.69, 9.17) is 9.84 Å². The molecular formula is C9H12Cl2MnN2O6. The number of aromatic amines is 1. The number of hydrogen-bond acceptors (Lipinski definition) is 6. The first-order valence-electron chi connectivity index (χ1n) is 4.98. The molecule has 0 unspecified atom stereocenters. The van der Waals surface area contributed by atoms with E-state index in [1.807, 2.05) is 4.98 Å². The van der Waals surface area contributed by atoms with Crippen molar-refractivity contribution in [1.82, 2.24) is 9.55 Å². The van der Waals surface area contributed by atoms with Crippen LogP contribution in [0.4, 0.5) is 0 Å². The molecule has 0 saturated carbocycles. The van der Waals surface area contributed by atoms with Gasteiger partial charge in [-0.3, -0.25) is 14.3 Å². The number of nitrogens with zero attached hydrogens (tertiary/aromatic N) is 1. The topological polar surface area (TPSA) is 125 Å². The van der Waals surface area contributed by atoms with Gasteiger partial charge in [0.25, 0.3) is 5.56 Å². The maximum absolute atomic E-state index is 11.4. The summed E-state index contributed by atoms with van der Waals surface area (Å²) in [5, 5.41) is 28.1. The molecule has 1 aromatic rings. The summed E-state index contributed by atoms with van der Waals surface area (Å²) in [6, 6.07) is 1.09. The van der Waals surface area contributed by atoms with Gasteiger partial charge >= 0.3 is 22.8 Å². The van der Waals surface area contributed by atoms with Gasteiger partial charge in [0, 0.05) is 12.3 Å². The molecule has 2 rings (SSSR count). The third-order valence-corrected chi connectivity index (χ3v) is 2.64. The van der Waals surface area contributed by atoms with Crippen molar-refractivity contribution in [3.63, 3.8) is 0 Å². The number of hydrogen-bond donors (Lipinski definition) is 4. The molecule has 2 heterocycles. The molecule has 11 heteroatoms. The van der Waals surface area contributed by atoms with E-state index in [-0.39, 0.29) is 41.9 Å². The summed E-state index contributed by atoms with van der Waals surface area (Å²) in [4.78, 5) is 24.3. The molecule has 4 atom stereocenters. The molecule has 0 spiro atoms. The average Bonchev–Trinajstić information content (AvgIpc) is 2.57. The van der Waals surface area contributed by atoms with E-state index in [9.17, 15) is 19.8 Å². The van der Waals surface area contributed by atoms with Crippen LogP contribution in [0.3, 0.4) is 0 Å². The standard InChI is InChI=1S/C9H12N2O6.2ClH.Mn/c12-3-4-6(14)7(15)8(17-4)11-2-1-5(13)10-9(11)16;;;/h1-2,4,6-8,12,14-15H,3H2,(H,10,13,16);2*1H;/q;;;+2/p-2/t4-,6-,7-,8-;;;/m1.../s1. The van der Waals surface area contributed by atoms with Crippen LogP contribution in [-0.4, -0.2) is 49.8 Å². The first-order valence-corrected chi connectivity index (χ1v) is 4.98. The van der Waals surface area contributed by atoms with Gasteiger partial charge in [-0.25, -0.2) is 4.79 Å². The fourth-order valence-electron chi connectivity index (χ4n) is 1.74. The molecule has 8 nitrogen and oxygen atoms in total. The van der Waals surface area contributed by atoms with E-state index >= 15 is 0 Å². The number of aromatic nitrogens is 2. The zero-order chi connectivity index (χ0) is 12.6. The van der Waals surface area contributed by atoms with Gasteiger partial charge in [0.2, 0.25) is 0 Å². The summed E-state index contributed by atoms with van der Waals surface area (Å²) < 4.78 is 6.08. The van der Waals surface area contributed by atoms with E-state index in [0.29, 0.717) is 0 Å². The average molecular weight is 370 g/mol. The van der Waals surface area contributed by atoms with Crippen molar-refractivity contribution in [1.29, 1.82) is 0 Å². The zero-order valence-corrected chi connectivity index (χ0v) is 12.5. The van der Waals surface area contributed by atoms with E-state index in [1.165, 1.54) is 0 Å². The van der Waals surface area contributed by atoms with Crippen molar-refractivity contribution >= 4 is 0 Å². The number of ether oxygens (including phenoxy) is 1. The molecule has 1 aromatic heterocycles. The van der Waals surface area contributed by atoms with Gasteiger partial charge < -0.3 is 44.9 Å². The summed E-state index contributed by atoms with van der Waals surface area (Å²) in [5.41, 5.74) is -1.33. The Bertz CT molecular complexity index is 524. The van der Waals surface area contributed by atoms with Gasteiger partial charge in [-0.05, 0) is 0 Å². The Labute approximate surface area is 136 Å². The quantitative estimate of drug-likeness (QED) is 0.384. The molecule has 1 fully saturated rings. The summed E-state index contributed by atoms with van der Waals surface area (Å²) in [5.74, 6) is 0. The summed E-state index contributed by atoms with van der Waals surface area (Å²) in [7, 11) is 0. The Kier molecular flexibility index (Phi) is 9.65. The van der Waals surface area contributed by atoms with Crippen LogP contribution in [0.1, 0.15) is 6.23 Å². The van der Waals surface area contributed by atoms with Crippen LogP contribution >= 0.6 is 0 Å². The van der Waals surface area contributed by atoms with Gasteiger partial charge in [0.05, 0.1) is 6.61 Å². The number of aliphatic hydroxyl groups excluding tert-OH is 3. The zero-order valence-electron chi connectivity index (χ0n) is 9.82. The Balaban J connectivity index is 0. The molecule has 0 bridgehead atoms. The third kappa shape index (κ3) is 4.06. The van der Waals surface area contributed by atoms with Crippen molar-refractivity contribution in [3.05, 3.63) is 33.1 Å². The molecule has 1 aliphatic heterocycles. The Morgan fingerprint density at radius 1 is 1.25 bits per heavy atom. The third-order valence-electron chi connectivity index (χ3n) is 2.64. The summed E-state index contributed by atoms with van der Waals surface area (Å²) >= 11 is 0. The number of nitrogens with one attached hydrogen (secondary N) is 1. The first-order chi connectivity index (χ1) is 8.04. The summed E-state index contributed by atoms with van der Waals surface area (Å²) in [6.07, 6.45) is -3.58. The first kappa shape index (κ1) is 21.9. The second kappa shape index (κ2) is 8.81. The minimum atomic E-state index is -1.35. The van der Waals surface area contributed by atoms with E-state index in [1.54, 1.807) is 0 Å². The van der Waals surface area contributed by atoms with Crippen LogP contribution < -0.4 is 36.1 Å². The monoisotopic (exact) mass is 369 g/mol. The van der Waals surface area contributed by atoms with Crippen LogP contribution in [0.25, 0.3) is 0 Å². The van der Waals surface area contributed by atoms with Crippen LogP contribution in [0.15, 0.2) is 21.9 Å². The fraction of sp³-hybridized carbons (Fsp3) is 0.556. The van der Waals surface area contributed by atoms with Crippen LogP contribution in [0.5, 0.6) is 0 Å². The summed E-state index contributed by atoms with van der Waals surface area (Å²) in [6.45, 7) is -0.479. The smallest absolute Gasteiger partial charge is 1.00 e. The van der Waals surface area contributed by atoms with Crippen molar-refractivity contribution in [3.8, 4) is 0 Å². The molecule has 1 aliphatic rings. The number of halogens is 2. The maximum atomic E-state index is 11.4. The second-order valence-electron chi connectivity index (χ2n) is 3.75. The molecule has 0 aromatic carbocycles. The largest absolute Gasteiger partial charge is 2.00 e. The molecule has 20 heavy (non-hydrogen) atoms. The second-order valence-corrected chi connectivity index (χ2v) is 3.75. The van der Waals surface area contributed by atoms with Crippen LogP contribution in [0.2, 0.25) is 0 Å². The molecule has 4 N–H and O–H groups in total. The Morgan fingerprint density at radius 2 is 1.85 bits per heavy atom. The molecule has 1 saturated heterocycles. The van der Waals surface area contributed by atoms with Gasteiger partial charge in [0.1, 0.15) is 18.3 Å². The van der Waals surface area contributed by atoms with Gasteiger partial charge in [0.15, 0.2) is 6.23 Å². The minimum Gasteiger partial charge on any atom is -1.00 e. The number of aliphatic hydroxyl groups is 3. The SMILES string of the molecule is O=c1ccn([C@@H]2O[C@H](CO)[C@@H](O)[C@H]2O)c(=O)[nH]1.[Cl-].[Cl-].[Mn+2]. The maximum Gasteiger partial charge on any atom is 2.00 e. The number of rotatable bonds is 2. The minimum absolute atomic E-state index is 0. The van der Waals surface area contributed by atoms with Crippen molar-refractivity contribution < 1.29 is 61.9 Å². The molecular weight excluding hydrogens is 358 g/mol. The van der Waals surface area contributed by atoms with Gasteiger partial charge in [-0.2, -0.15) is 0 Å². The molecule has 0 aliphatic carbocycles. The number of H-pyrrole nitrogens is 1. The molecule has 115 valence electrons. The van der Waals surface area contributed by atoms with Gasteiger partial charge in [-0.1, -0.05) is 0 Å². The normalized spacial score (nSPS) is 27.9. The predicted molar refractivity (Wildman–Crippen MR) is 54.3 cm³/mol. The Hall–Kier alpha value is -0.381. The van der Waals surface area contributed by atoms with Gasteiger partial charge in [-0.15, -0.1) is 0 Å². The molecule has 1 radical (unpaired) electrons. The van der Waals surface area contributed by atoms with Crippen LogP contribution in [-0.2, 0) is 21.8 Å². The van der Waals surface area contributed by atoms with E-state index in [2.05, 4.69) is 0 Å². The Morgan fingerprint density at radius 3 is 2.30 bits per heavy atom. The molecule has 0 amide bonds. The van der Waals surface area contributed by atoms with Crippen molar-refractivity contribution in [2.75, 3.05) is 6.61 Å². The van der Waals surface area contributed by atoms with E-state index in [0.717, 1.165) is 16.8 Å². The van der Waals surface area contributed by atoms with Crippen molar-refractivity contribution in [2.45, 2.75) is 24.5 Å². The van der Waals surface area contributed by atoms with Crippen LogP contribution in [0, 0.1) is 0 Å². The fourth-order valence-corrected chi connectivity index (χ4v) is 1.74. The predicted octanol–water partition coefficient (Wildman–Crippen LogP) is -8.85. The van der Waals surface area contributed by atoms with E-state index < -0.39 is 42.4 Å². The van der Waals surface area contributed by atoms with Crippen molar-refractivity contribution in [2.24, 2.45) is 0 Å².